The van der Waals surface area contributed by atoms with Gasteiger partial charge in [-0.15, -0.1) is 11.3 Å². The fraction of sp³-hybridized carbons (Fsp3) is 0.267. The van der Waals surface area contributed by atoms with Crippen LogP contribution in [0, 0.1) is 5.92 Å². The Labute approximate surface area is 161 Å². The van der Waals surface area contributed by atoms with E-state index in [0.717, 1.165) is 11.3 Å². The SMILES string of the molecule is CC(C)[C@@H](NS(=O)(=O)c1ccccc1)C(=O)NS(=O)(=O)c1ccc(Cl)s1. The van der Waals surface area contributed by atoms with Gasteiger partial charge in [0.25, 0.3) is 15.9 Å². The van der Waals surface area contributed by atoms with E-state index in [1.807, 2.05) is 4.72 Å². The van der Waals surface area contributed by atoms with Gasteiger partial charge in [0.15, 0.2) is 0 Å². The van der Waals surface area contributed by atoms with E-state index in [9.17, 15) is 21.6 Å². The fourth-order valence-corrected chi connectivity index (χ4v) is 5.87. The molecule has 0 spiro atoms. The molecule has 0 radical (unpaired) electrons. The summed E-state index contributed by atoms with van der Waals surface area (Å²) in [5.74, 6) is -1.46. The summed E-state index contributed by atoms with van der Waals surface area (Å²) in [5, 5.41) is 0. The molecule has 1 aromatic heterocycles. The van der Waals surface area contributed by atoms with Gasteiger partial charge in [-0.25, -0.2) is 21.6 Å². The van der Waals surface area contributed by atoms with Crippen molar-refractivity contribution in [3.8, 4) is 0 Å². The first-order valence-electron chi connectivity index (χ1n) is 7.42. The van der Waals surface area contributed by atoms with Crippen molar-refractivity contribution in [2.24, 2.45) is 5.92 Å². The Bertz CT molecular complexity index is 985. The molecule has 0 bridgehead atoms. The zero-order chi connectivity index (χ0) is 19.5. The molecule has 1 amide bonds. The summed E-state index contributed by atoms with van der Waals surface area (Å²) in [6.45, 7) is 3.21. The molecule has 0 saturated heterocycles. The summed E-state index contributed by atoms with van der Waals surface area (Å²) in [6.07, 6.45) is 0. The highest BCUT2D eigenvalue weighted by molar-refractivity contribution is 7.92. The van der Waals surface area contributed by atoms with Crippen molar-refractivity contribution in [2.45, 2.75) is 29.0 Å². The molecule has 0 saturated carbocycles. The van der Waals surface area contributed by atoms with Gasteiger partial charge in [-0.2, -0.15) is 4.72 Å². The molecule has 142 valence electrons. The molecule has 1 aromatic carbocycles. The van der Waals surface area contributed by atoms with Gasteiger partial charge >= 0.3 is 0 Å². The first kappa shape index (κ1) is 20.8. The van der Waals surface area contributed by atoms with E-state index in [-0.39, 0.29) is 13.4 Å². The predicted octanol–water partition coefficient (Wildman–Crippen LogP) is 2.21. The minimum absolute atomic E-state index is 0.0219. The Balaban J connectivity index is 2.23. The number of sulfonamides is 2. The van der Waals surface area contributed by atoms with E-state index in [0.29, 0.717) is 0 Å². The first-order chi connectivity index (χ1) is 12.0. The topological polar surface area (TPSA) is 109 Å². The minimum Gasteiger partial charge on any atom is -0.272 e. The van der Waals surface area contributed by atoms with E-state index in [1.54, 1.807) is 32.0 Å². The number of amides is 1. The maximum absolute atomic E-state index is 12.4. The van der Waals surface area contributed by atoms with Crippen molar-refractivity contribution in [1.29, 1.82) is 0 Å². The third-order valence-corrected chi connectivity index (χ3v) is 7.86. The van der Waals surface area contributed by atoms with Crippen LogP contribution in [0.2, 0.25) is 4.34 Å². The zero-order valence-electron chi connectivity index (χ0n) is 13.8. The number of halogens is 1. The average molecular weight is 437 g/mol. The molecule has 2 N–H and O–H groups in total. The second kappa shape index (κ2) is 8.05. The van der Waals surface area contributed by atoms with Gasteiger partial charge in [0.05, 0.1) is 9.23 Å². The number of nitrogens with one attached hydrogen (secondary N) is 2. The zero-order valence-corrected chi connectivity index (χ0v) is 17.0. The van der Waals surface area contributed by atoms with Crippen LogP contribution in [0.5, 0.6) is 0 Å². The van der Waals surface area contributed by atoms with Crippen LogP contribution in [0.1, 0.15) is 13.8 Å². The van der Waals surface area contributed by atoms with Crippen LogP contribution in [0.4, 0.5) is 0 Å². The summed E-state index contributed by atoms with van der Waals surface area (Å²) >= 11 is 6.51. The molecule has 2 rings (SSSR count). The van der Waals surface area contributed by atoms with Crippen LogP contribution in [0.25, 0.3) is 0 Å². The van der Waals surface area contributed by atoms with Crippen molar-refractivity contribution in [1.82, 2.24) is 9.44 Å². The van der Waals surface area contributed by atoms with Crippen molar-refractivity contribution >= 4 is 48.9 Å². The summed E-state index contributed by atoms with van der Waals surface area (Å²) < 4.78 is 53.7. The van der Waals surface area contributed by atoms with E-state index in [2.05, 4.69) is 4.72 Å². The number of hydrogen-bond donors (Lipinski definition) is 2. The summed E-state index contributed by atoms with van der Waals surface area (Å²) in [4.78, 5) is 12.4. The smallest absolute Gasteiger partial charge is 0.272 e. The maximum atomic E-state index is 12.4. The Morgan fingerprint density at radius 3 is 2.12 bits per heavy atom. The summed E-state index contributed by atoms with van der Waals surface area (Å²) in [7, 11) is -8.13. The van der Waals surface area contributed by atoms with Gasteiger partial charge in [0.1, 0.15) is 10.3 Å². The van der Waals surface area contributed by atoms with Crippen molar-refractivity contribution in [3.63, 3.8) is 0 Å². The highest BCUT2D eigenvalue weighted by Crippen LogP contribution is 2.25. The maximum Gasteiger partial charge on any atom is 0.273 e. The molecule has 7 nitrogen and oxygen atoms in total. The largest absolute Gasteiger partial charge is 0.273 e. The van der Waals surface area contributed by atoms with Crippen LogP contribution in [0.3, 0.4) is 0 Å². The number of carbonyl (C=O) groups is 1. The van der Waals surface area contributed by atoms with Crippen LogP contribution >= 0.6 is 22.9 Å². The molecule has 2 aromatic rings. The van der Waals surface area contributed by atoms with Crippen molar-refractivity contribution in [3.05, 3.63) is 46.8 Å². The molecule has 1 heterocycles. The second-order valence-electron chi connectivity index (χ2n) is 5.68. The molecular weight excluding hydrogens is 420 g/mol. The van der Waals surface area contributed by atoms with Crippen molar-refractivity contribution in [2.75, 3.05) is 0 Å². The van der Waals surface area contributed by atoms with Crippen LogP contribution in [-0.2, 0) is 24.8 Å². The van der Waals surface area contributed by atoms with E-state index in [1.165, 1.54) is 24.3 Å². The number of hydrogen-bond acceptors (Lipinski definition) is 6. The quantitative estimate of drug-likeness (QED) is 0.691. The second-order valence-corrected chi connectivity index (χ2v) is 11.0. The Morgan fingerprint density at radius 2 is 1.62 bits per heavy atom. The fourth-order valence-electron chi connectivity index (χ4n) is 2.02. The lowest BCUT2D eigenvalue weighted by atomic mass is 10.1. The normalized spacial score (nSPS) is 13.5. The van der Waals surface area contributed by atoms with E-state index >= 15 is 0 Å². The van der Waals surface area contributed by atoms with Crippen LogP contribution in [0.15, 0.2) is 51.6 Å². The molecule has 0 aliphatic rings. The van der Waals surface area contributed by atoms with Gasteiger partial charge in [0, 0.05) is 0 Å². The van der Waals surface area contributed by atoms with Gasteiger partial charge in [-0.3, -0.25) is 4.79 Å². The molecule has 0 unspecified atom stereocenters. The van der Waals surface area contributed by atoms with Crippen LogP contribution < -0.4 is 9.44 Å². The number of benzene rings is 1. The van der Waals surface area contributed by atoms with Crippen molar-refractivity contribution < 1.29 is 21.6 Å². The monoisotopic (exact) mass is 436 g/mol. The molecule has 26 heavy (non-hydrogen) atoms. The lowest BCUT2D eigenvalue weighted by Crippen LogP contribution is -2.50. The van der Waals surface area contributed by atoms with Gasteiger partial charge < -0.3 is 0 Å². The third-order valence-electron chi connectivity index (χ3n) is 3.33. The molecule has 11 heteroatoms. The summed E-state index contributed by atoms with van der Waals surface area (Å²) in [6, 6.07) is 8.89. The molecule has 0 aliphatic carbocycles. The van der Waals surface area contributed by atoms with E-state index < -0.39 is 37.9 Å². The lowest BCUT2D eigenvalue weighted by molar-refractivity contribution is -0.121. The van der Waals surface area contributed by atoms with E-state index in [4.69, 9.17) is 11.6 Å². The molecule has 1 atom stereocenters. The number of carbonyl (C=O) groups excluding carboxylic acids is 1. The van der Waals surface area contributed by atoms with Gasteiger partial charge in [-0.1, -0.05) is 43.6 Å². The predicted molar refractivity (Wildman–Crippen MR) is 100 cm³/mol. The van der Waals surface area contributed by atoms with Gasteiger partial charge in [-0.05, 0) is 30.2 Å². The number of thiophene rings is 1. The Morgan fingerprint density at radius 1 is 1.00 bits per heavy atom. The summed E-state index contributed by atoms with van der Waals surface area (Å²) in [5.41, 5.74) is 0. The highest BCUT2D eigenvalue weighted by Gasteiger charge is 2.31. The first-order valence-corrected chi connectivity index (χ1v) is 11.6. The molecular formula is C15H17ClN2O5S3. The highest BCUT2D eigenvalue weighted by atomic mass is 35.5. The van der Waals surface area contributed by atoms with Crippen LogP contribution in [-0.4, -0.2) is 28.8 Å². The number of rotatable bonds is 7. The lowest BCUT2D eigenvalue weighted by Gasteiger charge is -2.21. The standard InChI is InChI=1S/C15H17ClN2O5S3/c1-10(2)14(17-25(20,21)11-6-4-3-5-7-11)15(19)18-26(22,23)13-9-8-12(16)24-13/h3-10,14,17H,1-2H3,(H,18,19)/t14-/m1/s1. The Kier molecular flexibility index (Phi) is 6.46. The minimum atomic E-state index is -4.14. The molecule has 0 fully saturated rings. The average Bonchev–Trinajstić information content (AvgIpc) is 3.00. The van der Waals surface area contributed by atoms with Gasteiger partial charge in [0.2, 0.25) is 10.0 Å². The Hall–Kier alpha value is -1.46. The third kappa shape index (κ3) is 5.04. The molecule has 0 aliphatic heterocycles.